The molecule has 3 N–H and O–H groups in total. The number of carbonyl (C=O) groups is 1. The normalized spacial score (nSPS) is 11.7. The summed E-state index contributed by atoms with van der Waals surface area (Å²) < 4.78 is 15.8. The van der Waals surface area contributed by atoms with Gasteiger partial charge in [-0.05, 0) is 40.2 Å². The molecular weight excluding hydrogens is 374 g/mol. The number of carbonyl (C=O) groups excluding carboxylic acids is 1. The van der Waals surface area contributed by atoms with E-state index >= 15 is 0 Å². The highest BCUT2D eigenvalue weighted by atomic mass is 16.6. The zero-order chi connectivity index (χ0) is 21.5. The van der Waals surface area contributed by atoms with Crippen molar-refractivity contribution in [1.29, 1.82) is 0 Å². The van der Waals surface area contributed by atoms with Crippen LogP contribution in [0, 0.1) is 0 Å². The Morgan fingerprint density at radius 1 is 1.17 bits per heavy atom. The van der Waals surface area contributed by atoms with E-state index in [0.717, 1.165) is 18.5 Å². The van der Waals surface area contributed by atoms with Crippen LogP contribution in [0.1, 0.15) is 39.7 Å². The van der Waals surface area contributed by atoms with E-state index in [1.165, 1.54) is 0 Å². The highest BCUT2D eigenvalue weighted by Crippen LogP contribution is 2.15. The maximum atomic E-state index is 11.6. The van der Waals surface area contributed by atoms with Crippen molar-refractivity contribution in [3.8, 4) is 5.88 Å². The van der Waals surface area contributed by atoms with Crippen LogP contribution in [-0.4, -0.2) is 62.6 Å². The molecule has 1 amide bonds. The molecule has 0 aliphatic carbocycles. The predicted molar refractivity (Wildman–Crippen MR) is 113 cm³/mol. The molecule has 0 radical (unpaired) electrons. The van der Waals surface area contributed by atoms with Gasteiger partial charge in [-0.1, -0.05) is 6.07 Å². The molecule has 0 aromatic carbocycles. The summed E-state index contributed by atoms with van der Waals surface area (Å²) in [4.78, 5) is 20.5. The number of pyridine rings is 1. The van der Waals surface area contributed by atoms with E-state index in [0.29, 0.717) is 44.7 Å². The summed E-state index contributed by atoms with van der Waals surface area (Å²) in [5, 5.41) is 9.19. The van der Waals surface area contributed by atoms with Crippen LogP contribution < -0.4 is 20.7 Å². The van der Waals surface area contributed by atoms with Crippen molar-refractivity contribution in [2.75, 3.05) is 40.0 Å². The number of hydrogen-bond donors (Lipinski definition) is 3. The maximum absolute atomic E-state index is 11.6. The molecule has 0 aliphatic heterocycles. The lowest BCUT2D eigenvalue weighted by Gasteiger charge is -2.19. The molecule has 1 rings (SSSR count). The van der Waals surface area contributed by atoms with E-state index < -0.39 is 11.7 Å². The lowest BCUT2D eigenvalue weighted by Crippen LogP contribution is -2.39. The molecule has 0 aliphatic rings. The summed E-state index contributed by atoms with van der Waals surface area (Å²) in [7, 11) is 1.63. The number of ether oxygens (including phenoxy) is 3. The number of aromatic nitrogens is 1. The van der Waals surface area contributed by atoms with Gasteiger partial charge in [-0.15, -0.1) is 0 Å². The topological polar surface area (TPSA) is 106 Å². The summed E-state index contributed by atoms with van der Waals surface area (Å²) in [6.07, 6.45) is 2.02. The van der Waals surface area contributed by atoms with Crippen molar-refractivity contribution >= 4 is 12.1 Å². The number of hydrogen-bond acceptors (Lipinski definition) is 6. The monoisotopic (exact) mass is 409 g/mol. The Morgan fingerprint density at radius 3 is 2.62 bits per heavy atom. The van der Waals surface area contributed by atoms with Crippen molar-refractivity contribution in [3.63, 3.8) is 0 Å². The number of nitrogens with one attached hydrogen (secondary N) is 3. The second-order valence-corrected chi connectivity index (χ2v) is 7.21. The van der Waals surface area contributed by atoms with Gasteiger partial charge in [0.25, 0.3) is 0 Å². The summed E-state index contributed by atoms with van der Waals surface area (Å²) >= 11 is 0. The minimum Gasteiger partial charge on any atom is -0.475 e. The minimum absolute atomic E-state index is 0.407. The van der Waals surface area contributed by atoms with Gasteiger partial charge in [0.2, 0.25) is 5.88 Å². The number of alkyl carbamates (subject to hydrolysis) is 1. The molecule has 164 valence electrons. The largest absolute Gasteiger partial charge is 0.475 e. The second-order valence-electron chi connectivity index (χ2n) is 7.21. The molecule has 0 unspecified atom stereocenters. The van der Waals surface area contributed by atoms with Gasteiger partial charge in [0.1, 0.15) is 12.2 Å². The van der Waals surface area contributed by atoms with Crippen LogP contribution in [0.25, 0.3) is 0 Å². The van der Waals surface area contributed by atoms with Gasteiger partial charge in [-0.25, -0.2) is 14.8 Å². The first-order valence-electron chi connectivity index (χ1n) is 9.90. The third-order valence-corrected chi connectivity index (χ3v) is 3.44. The zero-order valence-corrected chi connectivity index (χ0v) is 18.2. The van der Waals surface area contributed by atoms with Gasteiger partial charge in [0.05, 0.1) is 13.2 Å². The van der Waals surface area contributed by atoms with E-state index in [-0.39, 0.29) is 0 Å². The van der Waals surface area contributed by atoms with E-state index in [4.69, 9.17) is 14.2 Å². The average molecular weight is 410 g/mol. The van der Waals surface area contributed by atoms with Gasteiger partial charge in [0, 0.05) is 38.5 Å². The molecule has 0 fully saturated rings. The quantitative estimate of drug-likeness (QED) is 0.292. The fourth-order valence-corrected chi connectivity index (χ4v) is 2.20. The van der Waals surface area contributed by atoms with Crippen LogP contribution in [0.3, 0.4) is 0 Å². The van der Waals surface area contributed by atoms with Crippen LogP contribution in [0.15, 0.2) is 23.3 Å². The van der Waals surface area contributed by atoms with Crippen LogP contribution in [0.4, 0.5) is 4.79 Å². The lowest BCUT2D eigenvalue weighted by molar-refractivity contribution is 0.0527. The van der Waals surface area contributed by atoms with E-state index in [1.807, 2.05) is 39.8 Å². The SMILES string of the molecule is CCNC(=NCc1cccnc1OCCOC)NCCCNC(=O)OC(C)(C)C. The molecule has 0 saturated carbocycles. The number of methoxy groups -OCH3 is 1. The zero-order valence-electron chi connectivity index (χ0n) is 18.2. The first-order chi connectivity index (χ1) is 13.9. The maximum Gasteiger partial charge on any atom is 0.407 e. The van der Waals surface area contributed by atoms with Crippen molar-refractivity contribution in [1.82, 2.24) is 20.9 Å². The molecule has 0 spiro atoms. The van der Waals surface area contributed by atoms with Crippen molar-refractivity contribution in [3.05, 3.63) is 23.9 Å². The highest BCUT2D eigenvalue weighted by Gasteiger charge is 2.15. The summed E-state index contributed by atoms with van der Waals surface area (Å²) in [6.45, 7) is 10.8. The molecule has 29 heavy (non-hydrogen) atoms. The molecule has 0 atom stereocenters. The number of aliphatic imine (C=N–C) groups is 1. The predicted octanol–water partition coefficient (Wildman–Crippen LogP) is 2.08. The second kappa shape index (κ2) is 13.6. The van der Waals surface area contributed by atoms with Crippen LogP contribution in [0.5, 0.6) is 5.88 Å². The van der Waals surface area contributed by atoms with Crippen LogP contribution in [-0.2, 0) is 16.0 Å². The average Bonchev–Trinajstić information content (AvgIpc) is 2.65. The van der Waals surface area contributed by atoms with E-state index in [2.05, 4.69) is 25.9 Å². The Balaban J connectivity index is 2.46. The Kier molecular flexibility index (Phi) is 11.5. The standard InChI is InChI=1S/C20H35N5O4/c1-6-21-18(23-11-8-12-24-19(26)29-20(2,3)4)25-15-16-9-7-10-22-17(16)28-14-13-27-5/h7,9-10H,6,8,11-15H2,1-5H3,(H,24,26)(H2,21,23,25). The first kappa shape index (κ1) is 24.5. The van der Waals surface area contributed by atoms with Gasteiger partial charge in [-0.3, -0.25) is 0 Å². The number of guanidine groups is 1. The Morgan fingerprint density at radius 2 is 1.93 bits per heavy atom. The van der Waals surface area contributed by atoms with Crippen LogP contribution in [0.2, 0.25) is 0 Å². The first-order valence-corrected chi connectivity index (χ1v) is 9.90. The summed E-state index contributed by atoms with van der Waals surface area (Å²) in [5.74, 6) is 1.25. The summed E-state index contributed by atoms with van der Waals surface area (Å²) in [5.41, 5.74) is 0.401. The molecule has 9 heteroatoms. The fourth-order valence-electron chi connectivity index (χ4n) is 2.20. The van der Waals surface area contributed by atoms with Gasteiger partial charge < -0.3 is 30.2 Å². The van der Waals surface area contributed by atoms with Gasteiger partial charge in [-0.2, -0.15) is 0 Å². The summed E-state index contributed by atoms with van der Waals surface area (Å²) in [6, 6.07) is 3.80. The minimum atomic E-state index is -0.494. The number of nitrogens with zero attached hydrogens (tertiary/aromatic N) is 2. The Bertz CT molecular complexity index is 632. The third-order valence-electron chi connectivity index (χ3n) is 3.44. The number of amides is 1. The fraction of sp³-hybridized carbons (Fsp3) is 0.650. The van der Waals surface area contributed by atoms with Gasteiger partial charge in [0.15, 0.2) is 5.96 Å². The van der Waals surface area contributed by atoms with Crippen molar-refractivity contribution in [2.24, 2.45) is 4.99 Å². The Hall–Kier alpha value is -2.55. The highest BCUT2D eigenvalue weighted by molar-refractivity contribution is 5.79. The van der Waals surface area contributed by atoms with Crippen molar-refractivity contribution in [2.45, 2.75) is 46.3 Å². The lowest BCUT2D eigenvalue weighted by atomic mass is 10.2. The number of rotatable bonds is 11. The molecule has 1 aromatic rings. The molecule has 1 aromatic heterocycles. The molecule has 1 heterocycles. The van der Waals surface area contributed by atoms with E-state index in [9.17, 15) is 4.79 Å². The van der Waals surface area contributed by atoms with E-state index in [1.54, 1.807) is 13.3 Å². The molecule has 9 nitrogen and oxygen atoms in total. The molecule has 0 bridgehead atoms. The van der Waals surface area contributed by atoms with Crippen LogP contribution >= 0.6 is 0 Å². The van der Waals surface area contributed by atoms with Crippen molar-refractivity contribution < 1.29 is 19.0 Å². The smallest absolute Gasteiger partial charge is 0.407 e. The van der Waals surface area contributed by atoms with Gasteiger partial charge >= 0.3 is 6.09 Å². The molecular formula is C20H35N5O4. The molecule has 0 saturated heterocycles. The Labute approximate surface area is 173 Å². The third kappa shape index (κ3) is 11.8.